The summed E-state index contributed by atoms with van der Waals surface area (Å²) in [5.74, 6) is -1.02. The minimum absolute atomic E-state index is 0.0941. The quantitative estimate of drug-likeness (QED) is 0.413. The molecule has 1 aromatic rings. The molecule has 8 nitrogen and oxygen atoms in total. The summed E-state index contributed by atoms with van der Waals surface area (Å²) in [7, 11) is 0. The summed E-state index contributed by atoms with van der Waals surface area (Å²) in [5, 5.41) is 10.1. The van der Waals surface area contributed by atoms with Crippen molar-refractivity contribution in [3.05, 3.63) is 34.9 Å². The smallest absolute Gasteiger partial charge is 0.322 e. The number of carbonyl (C=O) groups is 4. The van der Waals surface area contributed by atoms with Gasteiger partial charge in [0.05, 0.1) is 10.6 Å². The van der Waals surface area contributed by atoms with Gasteiger partial charge in [-0.3, -0.25) is 19.7 Å². The van der Waals surface area contributed by atoms with Crippen LogP contribution in [0.2, 0.25) is 5.02 Å². The van der Waals surface area contributed by atoms with Gasteiger partial charge in [0.15, 0.2) is 0 Å². The van der Waals surface area contributed by atoms with Gasteiger partial charge >= 0.3 is 6.03 Å². The summed E-state index contributed by atoms with van der Waals surface area (Å²) in [6.45, 7) is 0.495. The third-order valence-electron chi connectivity index (χ3n) is 3.37. The topological polar surface area (TPSA) is 116 Å². The normalized spacial score (nSPS) is 16.3. The van der Waals surface area contributed by atoms with Gasteiger partial charge in [-0.15, -0.1) is 0 Å². The molecule has 0 saturated carbocycles. The number of hydrogen-bond acceptors (Lipinski definition) is 4. The molecule has 128 valence electrons. The maximum Gasteiger partial charge on any atom is 0.322 e. The van der Waals surface area contributed by atoms with Gasteiger partial charge in [-0.25, -0.2) is 4.79 Å². The van der Waals surface area contributed by atoms with E-state index in [9.17, 15) is 19.2 Å². The van der Waals surface area contributed by atoms with Crippen molar-refractivity contribution in [2.24, 2.45) is 0 Å². The van der Waals surface area contributed by atoms with E-state index in [1.807, 2.05) is 0 Å². The van der Waals surface area contributed by atoms with Crippen LogP contribution in [-0.2, 0) is 9.59 Å². The fourth-order valence-electron chi connectivity index (χ4n) is 2.14. The van der Waals surface area contributed by atoms with E-state index < -0.39 is 18.0 Å². The van der Waals surface area contributed by atoms with Crippen molar-refractivity contribution in [3.8, 4) is 0 Å². The van der Waals surface area contributed by atoms with Gasteiger partial charge in [0.25, 0.3) is 11.8 Å². The SMILES string of the molecule is O=C(CC[C@H]1NC(=O)NC1=O)NCCNC(=O)c1ccccc1Cl. The van der Waals surface area contributed by atoms with E-state index in [0.717, 1.165) is 0 Å². The number of nitrogens with one attached hydrogen (secondary N) is 4. The average Bonchev–Trinajstić information content (AvgIpc) is 2.87. The molecular weight excluding hydrogens is 336 g/mol. The van der Waals surface area contributed by atoms with E-state index in [-0.39, 0.29) is 37.7 Å². The number of amides is 5. The molecule has 0 bridgehead atoms. The van der Waals surface area contributed by atoms with Crippen LogP contribution in [-0.4, -0.2) is 42.9 Å². The first-order valence-corrected chi connectivity index (χ1v) is 7.76. The van der Waals surface area contributed by atoms with Crippen molar-refractivity contribution in [2.45, 2.75) is 18.9 Å². The maximum atomic E-state index is 11.9. The molecule has 5 amide bonds. The Labute approximate surface area is 143 Å². The molecule has 4 N–H and O–H groups in total. The van der Waals surface area contributed by atoms with Crippen molar-refractivity contribution in [1.82, 2.24) is 21.3 Å². The molecule has 24 heavy (non-hydrogen) atoms. The third kappa shape index (κ3) is 4.95. The largest absolute Gasteiger partial charge is 0.354 e. The second-order valence-electron chi connectivity index (χ2n) is 5.14. The lowest BCUT2D eigenvalue weighted by Gasteiger charge is -2.09. The Kier molecular flexibility index (Phi) is 6.14. The van der Waals surface area contributed by atoms with Gasteiger partial charge in [-0.2, -0.15) is 0 Å². The van der Waals surface area contributed by atoms with E-state index in [0.29, 0.717) is 10.6 Å². The number of hydrogen-bond donors (Lipinski definition) is 4. The van der Waals surface area contributed by atoms with Crippen LogP contribution in [0.5, 0.6) is 0 Å². The summed E-state index contributed by atoms with van der Waals surface area (Å²) >= 11 is 5.91. The van der Waals surface area contributed by atoms with Crippen molar-refractivity contribution in [2.75, 3.05) is 13.1 Å². The van der Waals surface area contributed by atoms with Crippen LogP contribution in [0.3, 0.4) is 0 Å². The van der Waals surface area contributed by atoms with Crippen LogP contribution < -0.4 is 21.3 Å². The lowest BCUT2D eigenvalue weighted by molar-refractivity contribution is -0.122. The molecule has 9 heteroatoms. The molecule has 1 heterocycles. The van der Waals surface area contributed by atoms with Crippen molar-refractivity contribution >= 4 is 35.4 Å². The molecule has 1 atom stereocenters. The molecule has 0 spiro atoms. The Morgan fingerprint density at radius 1 is 1.12 bits per heavy atom. The van der Waals surface area contributed by atoms with Crippen LogP contribution in [0.1, 0.15) is 23.2 Å². The molecule has 0 unspecified atom stereocenters. The van der Waals surface area contributed by atoms with E-state index >= 15 is 0 Å². The Hall–Kier alpha value is -2.61. The summed E-state index contributed by atoms with van der Waals surface area (Å²) < 4.78 is 0. The van der Waals surface area contributed by atoms with Crippen molar-refractivity contribution in [3.63, 3.8) is 0 Å². The van der Waals surface area contributed by atoms with Crippen LogP contribution in [0.25, 0.3) is 0 Å². The van der Waals surface area contributed by atoms with Gasteiger partial charge in [-0.05, 0) is 18.6 Å². The predicted molar refractivity (Wildman–Crippen MR) is 86.5 cm³/mol. The van der Waals surface area contributed by atoms with Gasteiger partial charge in [0.2, 0.25) is 5.91 Å². The molecule has 1 saturated heterocycles. The third-order valence-corrected chi connectivity index (χ3v) is 3.70. The Balaban J connectivity index is 1.63. The number of imide groups is 1. The second-order valence-corrected chi connectivity index (χ2v) is 5.55. The second kappa shape index (κ2) is 8.30. The van der Waals surface area contributed by atoms with E-state index in [4.69, 9.17) is 11.6 Å². The molecule has 0 radical (unpaired) electrons. The number of halogens is 1. The van der Waals surface area contributed by atoms with Crippen LogP contribution in [0.15, 0.2) is 24.3 Å². The molecule has 0 aliphatic carbocycles. The zero-order valence-corrected chi connectivity index (χ0v) is 13.5. The number of benzene rings is 1. The highest BCUT2D eigenvalue weighted by Gasteiger charge is 2.29. The van der Waals surface area contributed by atoms with Crippen molar-refractivity contribution < 1.29 is 19.2 Å². The van der Waals surface area contributed by atoms with Crippen LogP contribution in [0, 0.1) is 0 Å². The first kappa shape index (κ1) is 17.7. The highest BCUT2D eigenvalue weighted by molar-refractivity contribution is 6.33. The van der Waals surface area contributed by atoms with E-state index in [1.54, 1.807) is 24.3 Å². The van der Waals surface area contributed by atoms with Crippen LogP contribution >= 0.6 is 11.6 Å². The summed E-state index contributed by atoms with van der Waals surface area (Å²) in [6.07, 6.45) is 0.312. The first-order valence-electron chi connectivity index (χ1n) is 7.38. The number of carbonyl (C=O) groups excluding carboxylic acids is 4. The predicted octanol–water partition coefficient (Wildman–Crippen LogP) is 0.174. The van der Waals surface area contributed by atoms with Crippen LogP contribution in [0.4, 0.5) is 4.79 Å². The summed E-state index contributed by atoms with van der Waals surface area (Å²) in [4.78, 5) is 45.8. The standard InChI is InChI=1S/C15H17ClN4O4/c16-10-4-2-1-3-9(10)13(22)18-8-7-17-12(21)6-5-11-14(23)20-15(24)19-11/h1-4,11H,5-8H2,(H,17,21)(H,18,22)(H2,19,20,23,24)/t11-/m1/s1. The minimum Gasteiger partial charge on any atom is -0.354 e. The highest BCUT2D eigenvalue weighted by atomic mass is 35.5. The van der Waals surface area contributed by atoms with Gasteiger partial charge in [0.1, 0.15) is 6.04 Å². The fraction of sp³-hybridized carbons (Fsp3) is 0.333. The van der Waals surface area contributed by atoms with Gasteiger partial charge < -0.3 is 16.0 Å². The number of rotatable bonds is 7. The maximum absolute atomic E-state index is 11.9. The Bertz CT molecular complexity index is 665. The summed E-state index contributed by atoms with van der Waals surface area (Å²) in [6, 6.07) is 5.44. The molecule has 1 aliphatic heterocycles. The fourth-order valence-corrected chi connectivity index (χ4v) is 2.37. The Morgan fingerprint density at radius 3 is 2.50 bits per heavy atom. The molecule has 1 aliphatic rings. The molecule has 1 aromatic carbocycles. The molecule has 1 fully saturated rings. The zero-order chi connectivity index (χ0) is 17.5. The van der Waals surface area contributed by atoms with E-state index in [2.05, 4.69) is 21.3 Å². The average molecular weight is 353 g/mol. The van der Waals surface area contributed by atoms with E-state index in [1.165, 1.54) is 0 Å². The highest BCUT2D eigenvalue weighted by Crippen LogP contribution is 2.14. The van der Waals surface area contributed by atoms with Gasteiger partial charge in [-0.1, -0.05) is 23.7 Å². The monoisotopic (exact) mass is 352 g/mol. The lowest BCUT2D eigenvalue weighted by atomic mass is 10.1. The molecular formula is C15H17ClN4O4. The van der Waals surface area contributed by atoms with Gasteiger partial charge in [0, 0.05) is 19.5 Å². The zero-order valence-electron chi connectivity index (χ0n) is 12.7. The number of urea groups is 1. The Morgan fingerprint density at radius 2 is 1.83 bits per heavy atom. The minimum atomic E-state index is -0.678. The summed E-state index contributed by atoms with van der Waals surface area (Å²) in [5.41, 5.74) is 0.369. The van der Waals surface area contributed by atoms with Crippen molar-refractivity contribution in [1.29, 1.82) is 0 Å². The lowest BCUT2D eigenvalue weighted by Crippen LogP contribution is -2.36. The molecule has 2 rings (SSSR count). The first-order chi connectivity index (χ1) is 11.5. The molecule has 0 aromatic heterocycles.